The summed E-state index contributed by atoms with van der Waals surface area (Å²) in [6.45, 7) is 7.19. The molecule has 0 aliphatic heterocycles. The van der Waals surface area contributed by atoms with Crippen molar-refractivity contribution in [1.29, 1.82) is 0 Å². The molecule has 1 aromatic rings. The zero-order chi connectivity index (χ0) is 11.3. The summed E-state index contributed by atoms with van der Waals surface area (Å²) < 4.78 is 0. The fourth-order valence-electron chi connectivity index (χ4n) is 1.30. The van der Waals surface area contributed by atoms with E-state index in [1.165, 1.54) is 9.88 Å². The van der Waals surface area contributed by atoms with Gasteiger partial charge in [-0.3, -0.25) is 0 Å². The molecule has 0 fully saturated rings. The fourth-order valence-corrected chi connectivity index (χ4v) is 2.43. The minimum absolute atomic E-state index is 0.154. The average Bonchev–Trinajstić information content (AvgIpc) is 2.56. The Morgan fingerprint density at radius 2 is 2.27 bits per heavy atom. The average molecular weight is 228 g/mol. The lowest BCUT2D eigenvalue weighted by Gasteiger charge is -2.08. The van der Waals surface area contributed by atoms with Crippen LogP contribution in [0.5, 0.6) is 0 Å². The van der Waals surface area contributed by atoms with E-state index in [4.69, 9.17) is 5.11 Å². The first-order chi connectivity index (χ1) is 7.17. The highest BCUT2D eigenvalue weighted by Crippen LogP contribution is 2.19. The predicted octanol–water partition coefficient (Wildman–Crippen LogP) is 1.87. The Morgan fingerprint density at radius 3 is 2.87 bits per heavy atom. The molecule has 0 saturated carbocycles. The van der Waals surface area contributed by atoms with Gasteiger partial charge in [0.25, 0.3) is 0 Å². The van der Waals surface area contributed by atoms with Crippen LogP contribution < -0.4 is 5.32 Å². The van der Waals surface area contributed by atoms with Gasteiger partial charge >= 0.3 is 0 Å². The maximum absolute atomic E-state index is 8.90. The number of nitrogens with one attached hydrogen (secondary N) is 1. The van der Waals surface area contributed by atoms with E-state index in [9.17, 15) is 0 Å². The van der Waals surface area contributed by atoms with Gasteiger partial charge in [-0.1, -0.05) is 6.92 Å². The number of aliphatic hydroxyl groups is 1. The van der Waals surface area contributed by atoms with E-state index in [-0.39, 0.29) is 12.6 Å². The van der Waals surface area contributed by atoms with E-state index in [1.54, 1.807) is 11.3 Å². The van der Waals surface area contributed by atoms with E-state index >= 15 is 0 Å². The molecule has 4 heteroatoms. The number of aromatic nitrogens is 1. The third-order valence-corrected chi connectivity index (χ3v) is 3.50. The molecule has 86 valence electrons. The molecular weight excluding hydrogens is 208 g/mol. The van der Waals surface area contributed by atoms with Gasteiger partial charge in [0, 0.05) is 17.5 Å². The second kappa shape index (κ2) is 6.20. The van der Waals surface area contributed by atoms with Crippen LogP contribution >= 0.6 is 11.3 Å². The summed E-state index contributed by atoms with van der Waals surface area (Å²) in [6, 6.07) is 0.154. The minimum atomic E-state index is 0.154. The van der Waals surface area contributed by atoms with Crippen molar-refractivity contribution in [2.24, 2.45) is 0 Å². The van der Waals surface area contributed by atoms with Gasteiger partial charge in [-0.05, 0) is 26.7 Å². The Morgan fingerprint density at radius 1 is 1.53 bits per heavy atom. The third kappa shape index (κ3) is 3.89. The van der Waals surface area contributed by atoms with Crippen molar-refractivity contribution in [3.05, 3.63) is 15.6 Å². The maximum atomic E-state index is 8.90. The molecule has 1 aromatic heterocycles. The first-order valence-electron chi connectivity index (χ1n) is 5.46. The molecular formula is C11H20N2OS. The molecule has 2 N–H and O–H groups in total. The fraction of sp³-hybridized carbons (Fsp3) is 0.727. The van der Waals surface area contributed by atoms with Gasteiger partial charge < -0.3 is 10.4 Å². The van der Waals surface area contributed by atoms with Crippen molar-refractivity contribution in [1.82, 2.24) is 10.3 Å². The van der Waals surface area contributed by atoms with Gasteiger partial charge in [-0.15, -0.1) is 11.3 Å². The lowest BCUT2D eigenvalue weighted by Crippen LogP contribution is -2.28. The standard InChI is InChI=1S/C11H20N2OS/c1-4-5-11-13-9(3)10(15-11)6-12-8(2)7-14/h8,12,14H,4-7H2,1-3H3/t8-/m0/s1. The molecule has 0 bridgehead atoms. The molecule has 0 aliphatic rings. The first-order valence-corrected chi connectivity index (χ1v) is 6.28. The molecule has 0 aliphatic carbocycles. The second-order valence-electron chi connectivity index (χ2n) is 3.83. The van der Waals surface area contributed by atoms with E-state index in [0.29, 0.717) is 0 Å². The molecule has 15 heavy (non-hydrogen) atoms. The first kappa shape index (κ1) is 12.6. The highest BCUT2D eigenvalue weighted by molar-refractivity contribution is 7.11. The van der Waals surface area contributed by atoms with Crippen molar-refractivity contribution in [2.45, 2.75) is 46.2 Å². The topological polar surface area (TPSA) is 45.2 Å². The van der Waals surface area contributed by atoms with Crippen molar-refractivity contribution in [3.63, 3.8) is 0 Å². The van der Waals surface area contributed by atoms with Crippen LogP contribution in [-0.4, -0.2) is 22.7 Å². The Balaban J connectivity index is 2.53. The largest absolute Gasteiger partial charge is 0.395 e. The van der Waals surface area contributed by atoms with Crippen LogP contribution in [0.2, 0.25) is 0 Å². The van der Waals surface area contributed by atoms with Crippen molar-refractivity contribution >= 4 is 11.3 Å². The van der Waals surface area contributed by atoms with E-state index in [1.807, 2.05) is 6.92 Å². The normalized spacial score (nSPS) is 13.1. The Labute approximate surface area is 95.6 Å². The smallest absolute Gasteiger partial charge is 0.0931 e. The number of rotatable bonds is 6. The van der Waals surface area contributed by atoms with Crippen molar-refractivity contribution in [2.75, 3.05) is 6.61 Å². The maximum Gasteiger partial charge on any atom is 0.0931 e. The van der Waals surface area contributed by atoms with Gasteiger partial charge in [0.1, 0.15) is 0 Å². The van der Waals surface area contributed by atoms with Crippen LogP contribution in [0.15, 0.2) is 0 Å². The molecule has 1 heterocycles. The van der Waals surface area contributed by atoms with Crippen LogP contribution in [0.4, 0.5) is 0 Å². The molecule has 0 radical (unpaired) electrons. The lowest BCUT2D eigenvalue weighted by atomic mass is 10.3. The SMILES string of the molecule is CCCc1nc(C)c(CN[C@@H](C)CO)s1. The van der Waals surface area contributed by atoms with Crippen LogP contribution in [-0.2, 0) is 13.0 Å². The summed E-state index contributed by atoms with van der Waals surface area (Å²) in [4.78, 5) is 5.81. The molecule has 1 atom stereocenters. The third-order valence-electron chi connectivity index (χ3n) is 2.29. The summed E-state index contributed by atoms with van der Waals surface area (Å²) in [5.74, 6) is 0. The highest BCUT2D eigenvalue weighted by atomic mass is 32.1. The van der Waals surface area contributed by atoms with Crippen LogP contribution in [0, 0.1) is 6.92 Å². The summed E-state index contributed by atoms with van der Waals surface area (Å²) in [7, 11) is 0. The Hall–Kier alpha value is -0.450. The molecule has 1 rings (SSSR count). The molecule has 0 amide bonds. The van der Waals surface area contributed by atoms with Crippen molar-refractivity contribution < 1.29 is 5.11 Å². The molecule has 0 unspecified atom stereocenters. The lowest BCUT2D eigenvalue weighted by molar-refractivity contribution is 0.251. The van der Waals surface area contributed by atoms with E-state index in [2.05, 4.69) is 24.1 Å². The summed E-state index contributed by atoms with van der Waals surface area (Å²) >= 11 is 1.78. The minimum Gasteiger partial charge on any atom is -0.395 e. The van der Waals surface area contributed by atoms with Gasteiger partial charge in [-0.25, -0.2) is 4.98 Å². The Bertz CT molecular complexity index is 299. The highest BCUT2D eigenvalue weighted by Gasteiger charge is 2.07. The molecule has 0 aromatic carbocycles. The second-order valence-corrected chi connectivity index (χ2v) is 5.00. The Kier molecular flexibility index (Phi) is 5.22. The number of nitrogens with zero attached hydrogens (tertiary/aromatic N) is 1. The van der Waals surface area contributed by atoms with Gasteiger partial charge in [0.2, 0.25) is 0 Å². The number of hydrogen-bond donors (Lipinski definition) is 2. The van der Waals surface area contributed by atoms with Crippen LogP contribution in [0.3, 0.4) is 0 Å². The van der Waals surface area contributed by atoms with Gasteiger partial charge in [-0.2, -0.15) is 0 Å². The monoisotopic (exact) mass is 228 g/mol. The van der Waals surface area contributed by atoms with Gasteiger partial charge in [0.15, 0.2) is 0 Å². The number of thiazole rings is 1. The number of aliphatic hydroxyl groups excluding tert-OH is 1. The van der Waals surface area contributed by atoms with E-state index < -0.39 is 0 Å². The predicted molar refractivity (Wildman–Crippen MR) is 64.2 cm³/mol. The van der Waals surface area contributed by atoms with Crippen LogP contribution in [0.1, 0.15) is 35.8 Å². The molecule has 0 saturated heterocycles. The van der Waals surface area contributed by atoms with Gasteiger partial charge in [0.05, 0.1) is 17.3 Å². The summed E-state index contributed by atoms with van der Waals surface area (Å²) in [5, 5.41) is 13.4. The number of hydrogen-bond acceptors (Lipinski definition) is 4. The zero-order valence-corrected chi connectivity index (χ0v) is 10.5. The zero-order valence-electron chi connectivity index (χ0n) is 9.71. The van der Waals surface area contributed by atoms with Crippen molar-refractivity contribution in [3.8, 4) is 0 Å². The van der Waals surface area contributed by atoms with Crippen LogP contribution in [0.25, 0.3) is 0 Å². The quantitative estimate of drug-likeness (QED) is 0.781. The molecule has 0 spiro atoms. The number of aryl methyl sites for hydroxylation is 2. The van der Waals surface area contributed by atoms with E-state index in [0.717, 1.165) is 25.1 Å². The summed E-state index contributed by atoms with van der Waals surface area (Å²) in [5.41, 5.74) is 1.13. The summed E-state index contributed by atoms with van der Waals surface area (Å²) in [6.07, 6.45) is 2.22. The molecule has 3 nitrogen and oxygen atoms in total.